The summed E-state index contributed by atoms with van der Waals surface area (Å²) in [6.45, 7) is 6.22. The fraction of sp³-hybridized carbons (Fsp3) is 0.600. The summed E-state index contributed by atoms with van der Waals surface area (Å²) in [6, 6.07) is 3.89. The molecule has 1 aliphatic rings. The summed E-state index contributed by atoms with van der Waals surface area (Å²) in [4.78, 5) is 2.16. The van der Waals surface area contributed by atoms with Crippen molar-refractivity contribution in [2.45, 2.75) is 39.4 Å². The van der Waals surface area contributed by atoms with Gasteiger partial charge in [0.15, 0.2) is 0 Å². The molecule has 0 unspecified atom stereocenters. The third-order valence-corrected chi connectivity index (χ3v) is 3.87. The van der Waals surface area contributed by atoms with Crippen LogP contribution in [0.25, 0.3) is 0 Å². The Morgan fingerprint density at radius 1 is 1.30 bits per heavy atom. The topological polar surface area (TPSA) is 29.3 Å². The van der Waals surface area contributed by atoms with Crippen LogP contribution in [0.15, 0.2) is 18.2 Å². The Labute approximate surface area is 117 Å². The van der Waals surface area contributed by atoms with Crippen LogP contribution in [0.1, 0.15) is 37.8 Å². The maximum Gasteiger partial charge on any atom is 0.416 e. The molecule has 112 valence electrons. The number of halogens is 3. The van der Waals surface area contributed by atoms with Crippen molar-refractivity contribution in [2.75, 3.05) is 18.0 Å². The quantitative estimate of drug-likeness (QED) is 0.896. The van der Waals surface area contributed by atoms with Gasteiger partial charge in [0.2, 0.25) is 0 Å². The van der Waals surface area contributed by atoms with Crippen molar-refractivity contribution in [3.05, 3.63) is 29.3 Å². The number of nitrogens with two attached hydrogens (primary N) is 1. The van der Waals surface area contributed by atoms with E-state index in [4.69, 9.17) is 5.73 Å². The first-order valence-electron chi connectivity index (χ1n) is 6.88. The summed E-state index contributed by atoms with van der Waals surface area (Å²) in [6.07, 6.45) is -2.12. The highest BCUT2D eigenvalue weighted by Crippen LogP contribution is 2.36. The first kappa shape index (κ1) is 15.2. The Morgan fingerprint density at radius 2 is 2.00 bits per heavy atom. The Morgan fingerprint density at radius 3 is 2.55 bits per heavy atom. The van der Waals surface area contributed by atoms with Gasteiger partial charge in [-0.2, -0.15) is 13.2 Å². The highest BCUT2D eigenvalue weighted by Gasteiger charge is 2.32. The second-order valence-electron chi connectivity index (χ2n) is 6.23. The van der Waals surface area contributed by atoms with E-state index in [2.05, 4.69) is 18.7 Å². The summed E-state index contributed by atoms with van der Waals surface area (Å²) in [7, 11) is 0. The Bertz CT molecular complexity index is 480. The molecule has 2 N–H and O–H groups in total. The molecule has 0 aliphatic carbocycles. The van der Waals surface area contributed by atoms with Crippen molar-refractivity contribution in [2.24, 2.45) is 11.1 Å². The molecule has 1 aromatic rings. The number of hydrogen-bond donors (Lipinski definition) is 1. The summed E-state index contributed by atoms with van der Waals surface area (Å²) >= 11 is 0. The molecular formula is C15H21F3N2. The molecule has 2 nitrogen and oxygen atoms in total. The van der Waals surface area contributed by atoms with Gasteiger partial charge >= 0.3 is 6.18 Å². The van der Waals surface area contributed by atoms with Gasteiger partial charge in [0.1, 0.15) is 0 Å². The minimum absolute atomic E-state index is 0.121. The lowest BCUT2D eigenvalue weighted by Gasteiger charge is -2.40. The van der Waals surface area contributed by atoms with Gasteiger partial charge in [-0.25, -0.2) is 0 Å². The third-order valence-electron chi connectivity index (χ3n) is 3.87. The molecule has 5 heteroatoms. The monoisotopic (exact) mass is 286 g/mol. The zero-order valence-electron chi connectivity index (χ0n) is 11.9. The van der Waals surface area contributed by atoms with Crippen LogP contribution in [0.5, 0.6) is 0 Å². The molecule has 2 rings (SSSR count). The fourth-order valence-corrected chi connectivity index (χ4v) is 2.86. The van der Waals surface area contributed by atoms with Gasteiger partial charge in [-0.1, -0.05) is 13.8 Å². The van der Waals surface area contributed by atoms with E-state index in [1.807, 2.05) is 0 Å². The van der Waals surface area contributed by atoms with E-state index in [0.29, 0.717) is 5.56 Å². The molecule has 0 bridgehead atoms. The van der Waals surface area contributed by atoms with E-state index in [9.17, 15) is 13.2 Å². The molecule has 0 radical (unpaired) electrons. The van der Waals surface area contributed by atoms with E-state index in [0.717, 1.165) is 37.7 Å². The van der Waals surface area contributed by atoms with Crippen LogP contribution in [-0.4, -0.2) is 13.1 Å². The van der Waals surface area contributed by atoms with Crippen LogP contribution in [0.3, 0.4) is 0 Å². The zero-order chi connectivity index (χ0) is 15.0. The maximum atomic E-state index is 12.7. The van der Waals surface area contributed by atoms with E-state index < -0.39 is 11.7 Å². The molecule has 1 fully saturated rings. The molecular weight excluding hydrogens is 265 g/mol. The SMILES string of the molecule is CC1(C)CCCN(c2ccc(C(F)(F)F)cc2CN)C1. The average molecular weight is 286 g/mol. The van der Waals surface area contributed by atoms with Crippen molar-refractivity contribution in [1.29, 1.82) is 0 Å². The lowest BCUT2D eigenvalue weighted by atomic mass is 9.83. The standard InChI is InChI=1S/C15H21F3N2/c1-14(2)6-3-7-20(10-14)13-5-4-12(15(16,17)18)8-11(13)9-19/h4-5,8H,3,6-7,9-10,19H2,1-2H3. The summed E-state index contributed by atoms with van der Waals surface area (Å²) < 4.78 is 38.2. The Balaban J connectivity index is 2.32. The van der Waals surface area contributed by atoms with Crippen LogP contribution in [0, 0.1) is 5.41 Å². The lowest BCUT2D eigenvalue weighted by Crippen LogP contribution is -2.40. The van der Waals surface area contributed by atoms with E-state index >= 15 is 0 Å². The van der Waals surface area contributed by atoms with E-state index in [1.54, 1.807) is 6.07 Å². The smallest absolute Gasteiger partial charge is 0.371 e. The maximum absolute atomic E-state index is 12.7. The van der Waals surface area contributed by atoms with E-state index in [-0.39, 0.29) is 12.0 Å². The summed E-state index contributed by atoms with van der Waals surface area (Å²) in [5.41, 5.74) is 6.61. The van der Waals surface area contributed by atoms with Crippen molar-refractivity contribution < 1.29 is 13.2 Å². The molecule has 20 heavy (non-hydrogen) atoms. The van der Waals surface area contributed by atoms with Gasteiger partial charge in [0.25, 0.3) is 0 Å². The van der Waals surface area contributed by atoms with Crippen molar-refractivity contribution in [3.8, 4) is 0 Å². The van der Waals surface area contributed by atoms with Gasteiger partial charge in [0, 0.05) is 25.3 Å². The van der Waals surface area contributed by atoms with Gasteiger partial charge in [-0.15, -0.1) is 0 Å². The van der Waals surface area contributed by atoms with Gasteiger partial charge < -0.3 is 10.6 Å². The molecule has 0 aromatic heterocycles. The number of anilines is 1. The van der Waals surface area contributed by atoms with Crippen LogP contribution in [-0.2, 0) is 12.7 Å². The molecule has 1 heterocycles. The predicted octanol–water partition coefficient (Wildman–Crippen LogP) is 3.79. The fourth-order valence-electron chi connectivity index (χ4n) is 2.86. The highest BCUT2D eigenvalue weighted by atomic mass is 19.4. The largest absolute Gasteiger partial charge is 0.416 e. The number of nitrogens with zero attached hydrogens (tertiary/aromatic N) is 1. The van der Waals surface area contributed by atoms with Crippen LogP contribution >= 0.6 is 0 Å². The highest BCUT2D eigenvalue weighted by molar-refractivity contribution is 5.56. The van der Waals surface area contributed by atoms with Crippen LogP contribution < -0.4 is 10.6 Å². The van der Waals surface area contributed by atoms with E-state index in [1.165, 1.54) is 6.07 Å². The lowest BCUT2D eigenvalue weighted by molar-refractivity contribution is -0.137. The Kier molecular flexibility index (Phi) is 4.00. The zero-order valence-corrected chi connectivity index (χ0v) is 11.9. The second kappa shape index (κ2) is 5.28. The molecule has 1 aromatic carbocycles. The first-order chi connectivity index (χ1) is 9.23. The van der Waals surface area contributed by atoms with Crippen molar-refractivity contribution in [1.82, 2.24) is 0 Å². The number of hydrogen-bond acceptors (Lipinski definition) is 2. The van der Waals surface area contributed by atoms with Gasteiger partial charge in [0.05, 0.1) is 5.56 Å². The van der Waals surface area contributed by atoms with Gasteiger partial charge in [-0.05, 0) is 42.0 Å². The van der Waals surface area contributed by atoms with Crippen LogP contribution in [0.4, 0.5) is 18.9 Å². The van der Waals surface area contributed by atoms with Crippen LogP contribution in [0.2, 0.25) is 0 Å². The average Bonchev–Trinajstić information content (AvgIpc) is 2.35. The Hall–Kier alpha value is -1.23. The normalized spacial score (nSPS) is 19.2. The number of alkyl halides is 3. The molecule has 0 amide bonds. The minimum atomic E-state index is -4.32. The van der Waals surface area contributed by atoms with Gasteiger partial charge in [-0.3, -0.25) is 0 Å². The minimum Gasteiger partial charge on any atom is -0.371 e. The third kappa shape index (κ3) is 3.26. The molecule has 0 atom stereocenters. The molecule has 0 spiro atoms. The second-order valence-corrected chi connectivity index (χ2v) is 6.23. The van der Waals surface area contributed by atoms with Crippen molar-refractivity contribution in [3.63, 3.8) is 0 Å². The number of rotatable bonds is 2. The summed E-state index contributed by atoms with van der Waals surface area (Å²) in [5, 5.41) is 0. The number of benzene rings is 1. The molecule has 0 saturated carbocycles. The molecule has 1 aliphatic heterocycles. The first-order valence-corrected chi connectivity index (χ1v) is 6.88. The summed E-state index contributed by atoms with van der Waals surface area (Å²) in [5.74, 6) is 0. The number of piperidine rings is 1. The predicted molar refractivity (Wildman–Crippen MR) is 74.6 cm³/mol. The molecule has 1 saturated heterocycles. The van der Waals surface area contributed by atoms with Crippen molar-refractivity contribution >= 4 is 5.69 Å².